The summed E-state index contributed by atoms with van der Waals surface area (Å²) >= 11 is 0. The van der Waals surface area contributed by atoms with E-state index in [-0.39, 0.29) is 29.8 Å². The highest BCUT2D eigenvalue weighted by Crippen LogP contribution is 2.32. The summed E-state index contributed by atoms with van der Waals surface area (Å²) in [5.74, 6) is 0.497. The summed E-state index contributed by atoms with van der Waals surface area (Å²) in [5.41, 5.74) is 3.00. The van der Waals surface area contributed by atoms with Crippen molar-refractivity contribution < 1.29 is 22.7 Å². The van der Waals surface area contributed by atoms with Gasteiger partial charge in [0.1, 0.15) is 0 Å². The Morgan fingerprint density at radius 2 is 1.57 bits per heavy atom. The predicted molar refractivity (Wildman–Crippen MR) is 135 cm³/mol. The molecule has 0 aromatic heterocycles. The van der Waals surface area contributed by atoms with Crippen LogP contribution in [0.15, 0.2) is 77.7 Å². The maximum atomic E-state index is 13.2. The van der Waals surface area contributed by atoms with E-state index in [4.69, 9.17) is 9.47 Å². The zero-order valence-corrected chi connectivity index (χ0v) is 20.8. The van der Waals surface area contributed by atoms with Crippen LogP contribution < -0.4 is 14.8 Å². The molecule has 1 amide bonds. The molecule has 0 saturated carbocycles. The van der Waals surface area contributed by atoms with Gasteiger partial charge in [0.05, 0.1) is 19.1 Å². The molecule has 8 heteroatoms. The Balaban J connectivity index is 1.40. The molecule has 3 aromatic carbocycles. The van der Waals surface area contributed by atoms with Gasteiger partial charge >= 0.3 is 0 Å². The summed E-state index contributed by atoms with van der Waals surface area (Å²) < 4.78 is 38.2. The van der Waals surface area contributed by atoms with E-state index >= 15 is 0 Å². The van der Waals surface area contributed by atoms with Crippen molar-refractivity contribution in [3.63, 3.8) is 0 Å². The molecular weight excluding hydrogens is 464 g/mol. The third-order valence-electron chi connectivity index (χ3n) is 6.33. The first-order valence-corrected chi connectivity index (χ1v) is 13.0. The highest BCUT2D eigenvalue weighted by molar-refractivity contribution is 7.89. The molecule has 1 fully saturated rings. The molecular formula is C27H30N2O5S. The minimum absolute atomic E-state index is 0.0753. The van der Waals surface area contributed by atoms with Crippen molar-refractivity contribution in [1.29, 1.82) is 0 Å². The molecule has 4 rings (SSSR count). The van der Waals surface area contributed by atoms with Crippen LogP contribution in [0.2, 0.25) is 0 Å². The molecule has 1 heterocycles. The first-order chi connectivity index (χ1) is 16.9. The summed E-state index contributed by atoms with van der Waals surface area (Å²) in [6.45, 7) is 0.556. The number of hydrogen-bond donors (Lipinski definition) is 1. The number of benzene rings is 3. The second-order valence-corrected chi connectivity index (χ2v) is 10.4. The van der Waals surface area contributed by atoms with Crippen molar-refractivity contribution in [2.75, 3.05) is 32.6 Å². The Bertz CT molecular complexity index is 1270. The number of anilines is 1. The van der Waals surface area contributed by atoms with Gasteiger partial charge in [-0.2, -0.15) is 4.31 Å². The number of carbonyl (C=O) groups is 1. The molecule has 184 valence electrons. The molecule has 7 nitrogen and oxygen atoms in total. The van der Waals surface area contributed by atoms with Crippen molar-refractivity contribution in [2.24, 2.45) is 5.92 Å². The van der Waals surface area contributed by atoms with Crippen LogP contribution in [0.5, 0.6) is 11.5 Å². The van der Waals surface area contributed by atoms with Gasteiger partial charge in [0.25, 0.3) is 0 Å². The molecule has 3 aromatic rings. The number of hydrogen-bond acceptors (Lipinski definition) is 5. The number of carbonyl (C=O) groups excluding carboxylic acids is 1. The van der Waals surface area contributed by atoms with E-state index in [0.717, 1.165) is 17.7 Å². The molecule has 1 N–H and O–H groups in total. The van der Waals surface area contributed by atoms with Gasteiger partial charge in [-0.1, -0.05) is 48.5 Å². The largest absolute Gasteiger partial charge is 0.493 e. The van der Waals surface area contributed by atoms with Crippen molar-refractivity contribution in [3.05, 3.63) is 83.9 Å². The van der Waals surface area contributed by atoms with Crippen LogP contribution in [0.4, 0.5) is 5.69 Å². The average molecular weight is 495 g/mol. The second kappa shape index (κ2) is 10.9. The lowest BCUT2D eigenvalue weighted by molar-refractivity contribution is -0.120. The molecule has 0 radical (unpaired) electrons. The first-order valence-electron chi connectivity index (χ1n) is 11.6. The number of nitrogens with zero attached hydrogens (tertiary/aromatic N) is 1. The minimum atomic E-state index is -3.70. The van der Waals surface area contributed by atoms with E-state index in [2.05, 4.69) is 17.4 Å². The van der Waals surface area contributed by atoms with Crippen LogP contribution >= 0.6 is 0 Å². The Morgan fingerprint density at radius 1 is 0.914 bits per heavy atom. The number of piperidine rings is 1. The second-order valence-electron chi connectivity index (χ2n) is 8.50. The maximum Gasteiger partial charge on any atom is 0.243 e. The van der Waals surface area contributed by atoms with Crippen LogP contribution in [-0.2, 0) is 21.2 Å². The fourth-order valence-corrected chi connectivity index (χ4v) is 5.82. The number of nitrogens with one attached hydrogen (secondary N) is 1. The number of para-hydroxylation sites is 1. The molecule has 1 aliphatic heterocycles. The van der Waals surface area contributed by atoms with Crippen LogP contribution in [0.1, 0.15) is 24.0 Å². The van der Waals surface area contributed by atoms with Gasteiger partial charge in [-0.25, -0.2) is 8.42 Å². The fraction of sp³-hybridized carbons (Fsp3) is 0.296. The number of amides is 1. The molecule has 0 bridgehead atoms. The van der Waals surface area contributed by atoms with E-state index in [1.165, 1.54) is 36.2 Å². The highest BCUT2D eigenvalue weighted by atomic mass is 32.2. The lowest BCUT2D eigenvalue weighted by Crippen LogP contribution is -2.41. The lowest BCUT2D eigenvalue weighted by atomic mass is 9.96. The Morgan fingerprint density at radius 3 is 2.26 bits per heavy atom. The van der Waals surface area contributed by atoms with Crippen molar-refractivity contribution in [1.82, 2.24) is 4.31 Å². The predicted octanol–water partition coefficient (Wildman–Crippen LogP) is 4.33. The van der Waals surface area contributed by atoms with E-state index < -0.39 is 10.0 Å². The molecule has 0 spiro atoms. The third kappa shape index (κ3) is 5.66. The van der Waals surface area contributed by atoms with Crippen LogP contribution in [-0.4, -0.2) is 45.9 Å². The summed E-state index contributed by atoms with van der Waals surface area (Å²) in [5, 5.41) is 3.08. The van der Waals surface area contributed by atoms with Crippen LogP contribution in [0, 0.1) is 5.92 Å². The number of methoxy groups -OCH3 is 2. The van der Waals surface area contributed by atoms with Gasteiger partial charge in [-0.15, -0.1) is 0 Å². The molecule has 0 aliphatic carbocycles. The van der Waals surface area contributed by atoms with Crippen molar-refractivity contribution >= 4 is 21.6 Å². The van der Waals surface area contributed by atoms with Gasteiger partial charge in [-0.3, -0.25) is 4.79 Å². The fourth-order valence-electron chi connectivity index (χ4n) is 4.33. The molecule has 35 heavy (non-hydrogen) atoms. The third-order valence-corrected chi connectivity index (χ3v) is 8.22. The SMILES string of the molecule is COc1ccc(S(=O)(=O)N2CCC(C(=O)Nc3ccccc3Cc3ccccc3)CC2)cc1OC. The maximum absolute atomic E-state index is 13.2. The average Bonchev–Trinajstić information content (AvgIpc) is 2.90. The summed E-state index contributed by atoms with van der Waals surface area (Å²) in [6.07, 6.45) is 1.64. The molecule has 1 aliphatic rings. The quantitative estimate of drug-likeness (QED) is 0.504. The van der Waals surface area contributed by atoms with Crippen LogP contribution in [0.3, 0.4) is 0 Å². The molecule has 0 atom stereocenters. The van der Waals surface area contributed by atoms with Gasteiger partial charge in [-0.05, 0) is 48.6 Å². The van der Waals surface area contributed by atoms with E-state index in [9.17, 15) is 13.2 Å². The Hall–Kier alpha value is -3.36. The number of sulfonamides is 1. The van der Waals surface area contributed by atoms with Crippen LogP contribution in [0.25, 0.3) is 0 Å². The zero-order valence-electron chi connectivity index (χ0n) is 19.9. The lowest BCUT2D eigenvalue weighted by Gasteiger charge is -2.30. The van der Waals surface area contributed by atoms with Crippen molar-refractivity contribution in [2.45, 2.75) is 24.2 Å². The van der Waals surface area contributed by atoms with Gasteiger partial charge in [0.15, 0.2) is 11.5 Å². The highest BCUT2D eigenvalue weighted by Gasteiger charge is 2.32. The zero-order chi connectivity index (χ0) is 24.8. The first kappa shape index (κ1) is 24.8. The summed E-state index contributed by atoms with van der Waals surface area (Å²) in [4.78, 5) is 13.2. The Kier molecular flexibility index (Phi) is 7.73. The number of rotatable bonds is 8. The monoisotopic (exact) mass is 494 g/mol. The number of ether oxygens (including phenoxy) is 2. The van der Waals surface area contributed by atoms with Gasteiger partial charge in [0.2, 0.25) is 15.9 Å². The molecule has 1 saturated heterocycles. The normalized spacial score (nSPS) is 14.9. The summed E-state index contributed by atoms with van der Waals surface area (Å²) in [7, 11) is -0.732. The van der Waals surface area contributed by atoms with Crippen molar-refractivity contribution in [3.8, 4) is 11.5 Å². The van der Waals surface area contributed by atoms with E-state index in [0.29, 0.717) is 24.3 Å². The molecule has 0 unspecified atom stereocenters. The smallest absolute Gasteiger partial charge is 0.243 e. The summed E-state index contributed by atoms with van der Waals surface area (Å²) in [6, 6.07) is 22.5. The topological polar surface area (TPSA) is 84.9 Å². The van der Waals surface area contributed by atoms with Gasteiger partial charge < -0.3 is 14.8 Å². The van der Waals surface area contributed by atoms with E-state index in [1.807, 2.05) is 42.5 Å². The Labute approximate surface area is 206 Å². The van der Waals surface area contributed by atoms with Gasteiger partial charge in [0, 0.05) is 30.8 Å². The standard InChI is InChI=1S/C27H30N2O5S/c1-33-25-13-12-23(19-26(25)34-2)35(31,32)29-16-14-21(15-17-29)27(30)28-24-11-7-6-10-22(24)18-20-8-4-3-5-9-20/h3-13,19,21H,14-18H2,1-2H3,(H,28,30). The van der Waals surface area contributed by atoms with E-state index in [1.54, 1.807) is 6.07 Å². The minimum Gasteiger partial charge on any atom is -0.493 e.